The Bertz CT molecular complexity index is 1070. The lowest BCUT2D eigenvalue weighted by Gasteiger charge is -2.10. The van der Waals surface area contributed by atoms with E-state index in [0.717, 1.165) is 12.1 Å². The number of benzene rings is 1. The van der Waals surface area contributed by atoms with E-state index in [2.05, 4.69) is 19.4 Å². The lowest BCUT2D eigenvalue weighted by Crippen LogP contribution is -2.15. The van der Waals surface area contributed by atoms with Gasteiger partial charge in [0.25, 0.3) is 0 Å². The van der Waals surface area contributed by atoms with Crippen LogP contribution in [0.4, 0.5) is 0 Å². The molecule has 0 radical (unpaired) electrons. The molecule has 0 saturated carbocycles. The fourth-order valence-electron chi connectivity index (χ4n) is 2.73. The standard InChI is InChI=1S/C17H14N2O6/c1-7-14-8(12(20)5-10(18-14)16(22)24-2)4-9-13(21)6-11(17(23)25-3)19-15(7)9/h4-6H,1-3H3,(H,18,20)(H,19,21). The van der Waals surface area contributed by atoms with Crippen LogP contribution in [-0.2, 0) is 9.47 Å². The molecule has 0 unspecified atom stereocenters. The minimum absolute atomic E-state index is 0.00563. The van der Waals surface area contributed by atoms with Crippen LogP contribution in [-0.4, -0.2) is 36.1 Å². The fourth-order valence-corrected chi connectivity index (χ4v) is 2.73. The molecule has 0 aliphatic heterocycles. The van der Waals surface area contributed by atoms with Gasteiger partial charge in [0, 0.05) is 22.9 Å². The summed E-state index contributed by atoms with van der Waals surface area (Å²) in [4.78, 5) is 53.8. The van der Waals surface area contributed by atoms with Gasteiger partial charge in [-0.3, -0.25) is 9.59 Å². The first-order chi connectivity index (χ1) is 11.9. The van der Waals surface area contributed by atoms with Crippen LogP contribution >= 0.6 is 0 Å². The Morgan fingerprint density at radius 3 is 1.56 bits per heavy atom. The summed E-state index contributed by atoms with van der Waals surface area (Å²) < 4.78 is 9.25. The molecule has 2 aromatic heterocycles. The SMILES string of the molecule is COC(=O)c1cc(=O)c2cc3c(=O)cc(C(=O)OC)[nH]c3c(C)c2[nH]1. The Hall–Kier alpha value is -3.42. The van der Waals surface area contributed by atoms with Crippen molar-refractivity contribution in [1.29, 1.82) is 0 Å². The number of rotatable bonds is 2. The summed E-state index contributed by atoms with van der Waals surface area (Å²) >= 11 is 0. The molecule has 0 atom stereocenters. The van der Waals surface area contributed by atoms with Gasteiger partial charge in [0.05, 0.1) is 25.3 Å². The Balaban J connectivity index is 2.45. The number of aryl methyl sites for hydroxylation is 1. The molecule has 8 heteroatoms. The quantitative estimate of drug-likeness (QED) is 0.534. The highest BCUT2D eigenvalue weighted by atomic mass is 16.5. The molecular weight excluding hydrogens is 328 g/mol. The van der Waals surface area contributed by atoms with Gasteiger partial charge in [0.1, 0.15) is 11.4 Å². The number of H-pyrrole nitrogens is 2. The number of carbonyl (C=O) groups is 2. The van der Waals surface area contributed by atoms with E-state index in [1.54, 1.807) is 6.92 Å². The molecule has 0 bridgehead atoms. The van der Waals surface area contributed by atoms with E-state index in [1.165, 1.54) is 20.3 Å². The summed E-state index contributed by atoms with van der Waals surface area (Å²) in [6.45, 7) is 1.67. The zero-order chi connectivity index (χ0) is 18.3. The maximum Gasteiger partial charge on any atom is 0.354 e. The van der Waals surface area contributed by atoms with Crippen LogP contribution in [0.25, 0.3) is 21.8 Å². The first kappa shape index (κ1) is 16.4. The molecule has 2 heterocycles. The topological polar surface area (TPSA) is 118 Å². The van der Waals surface area contributed by atoms with Crippen molar-refractivity contribution in [3.05, 3.63) is 55.6 Å². The van der Waals surface area contributed by atoms with E-state index >= 15 is 0 Å². The number of aromatic amines is 2. The summed E-state index contributed by atoms with van der Waals surface area (Å²) in [5.74, 6) is -1.37. The van der Waals surface area contributed by atoms with Crippen molar-refractivity contribution in [1.82, 2.24) is 9.97 Å². The van der Waals surface area contributed by atoms with E-state index in [0.29, 0.717) is 16.6 Å². The van der Waals surface area contributed by atoms with Gasteiger partial charge in [-0.1, -0.05) is 0 Å². The van der Waals surface area contributed by atoms with Gasteiger partial charge in [0.2, 0.25) is 0 Å². The highest BCUT2D eigenvalue weighted by molar-refractivity contribution is 6.01. The van der Waals surface area contributed by atoms with Crippen molar-refractivity contribution < 1.29 is 19.1 Å². The Labute approximate surface area is 140 Å². The third-order valence-corrected chi connectivity index (χ3v) is 3.99. The minimum Gasteiger partial charge on any atom is -0.464 e. The summed E-state index contributed by atoms with van der Waals surface area (Å²) in [7, 11) is 2.41. The van der Waals surface area contributed by atoms with Crippen LogP contribution in [0.2, 0.25) is 0 Å². The number of aromatic nitrogens is 2. The predicted octanol–water partition coefficient (Wildman–Crippen LogP) is 1.25. The average molecular weight is 342 g/mol. The molecule has 0 aliphatic carbocycles. The first-order valence-electron chi connectivity index (χ1n) is 7.27. The highest BCUT2D eigenvalue weighted by Crippen LogP contribution is 2.22. The number of pyridine rings is 2. The summed E-state index contributed by atoms with van der Waals surface area (Å²) in [6.07, 6.45) is 0. The van der Waals surface area contributed by atoms with E-state index < -0.39 is 22.8 Å². The maximum atomic E-state index is 12.3. The van der Waals surface area contributed by atoms with E-state index in [-0.39, 0.29) is 22.2 Å². The zero-order valence-electron chi connectivity index (χ0n) is 13.7. The number of fused-ring (bicyclic) bond motifs is 2. The molecule has 128 valence electrons. The van der Waals surface area contributed by atoms with E-state index in [4.69, 9.17) is 0 Å². The summed E-state index contributed by atoms with van der Waals surface area (Å²) in [5.41, 5.74) is 0.406. The lowest BCUT2D eigenvalue weighted by atomic mass is 10.0. The largest absolute Gasteiger partial charge is 0.464 e. The average Bonchev–Trinajstić information content (AvgIpc) is 2.61. The maximum absolute atomic E-state index is 12.3. The van der Waals surface area contributed by atoms with Crippen LogP contribution in [0.1, 0.15) is 26.5 Å². The second-order valence-electron chi connectivity index (χ2n) is 5.42. The number of carbonyl (C=O) groups excluding carboxylic acids is 2. The molecule has 8 nitrogen and oxygen atoms in total. The van der Waals surface area contributed by atoms with Gasteiger partial charge >= 0.3 is 11.9 Å². The second-order valence-corrected chi connectivity index (χ2v) is 5.42. The zero-order valence-corrected chi connectivity index (χ0v) is 13.7. The van der Waals surface area contributed by atoms with Crippen LogP contribution in [0.5, 0.6) is 0 Å². The van der Waals surface area contributed by atoms with Crippen LogP contribution in [0.3, 0.4) is 0 Å². The molecule has 3 rings (SSSR count). The Kier molecular flexibility index (Phi) is 3.88. The smallest absolute Gasteiger partial charge is 0.354 e. The molecule has 0 saturated heterocycles. The first-order valence-corrected chi connectivity index (χ1v) is 7.27. The number of nitrogens with one attached hydrogen (secondary N) is 2. The molecule has 0 amide bonds. The fraction of sp³-hybridized carbons (Fsp3) is 0.176. The highest BCUT2D eigenvalue weighted by Gasteiger charge is 2.16. The number of hydrogen-bond donors (Lipinski definition) is 2. The Morgan fingerprint density at radius 2 is 1.20 bits per heavy atom. The predicted molar refractivity (Wildman–Crippen MR) is 90.1 cm³/mol. The van der Waals surface area contributed by atoms with Crippen molar-refractivity contribution in [3.8, 4) is 0 Å². The van der Waals surface area contributed by atoms with Crippen LogP contribution < -0.4 is 10.9 Å². The van der Waals surface area contributed by atoms with Gasteiger partial charge in [-0.05, 0) is 18.6 Å². The van der Waals surface area contributed by atoms with Gasteiger partial charge in [0.15, 0.2) is 10.9 Å². The Morgan fingerprint density at radius 1 is 0.800 bits per heavy atom. The number of esters is 2. The minimum atomic E-state index is -0.685. The molecule has 1 aromatic carbocycles. The molecule has 3 aromatic rings. The van der Waals surface area contributed by atoms with Crippen molar-refractivity contribution in [2.45, 2.75) is 6.92 Å². The van der Waals surface area contributed by atoms with Crippen molar-refractivity contribution in [2.75, 3.05) is 14.2 Å². The van der Waals surface area contributed by atoms with Crippen molar-refractivity contribution in [3.63, 3.8) is 0 Å². The van der Waals surface area contributed by atoms with Gasteiger partial charge in [-0.2, -0.15) is 0 Å². The van der Waals surface area contributed by atoms with E-state index in [9.17, 15) is 19.2 Å². The van der Waals surface area contributed by atoms with Crippen molar-refractivity contribution >= 4 is 33.7 Å². The van der Waals surface area contributed by atoms with Crippen LogP contribution in [0.15, 0.2) is 27.8 Å². The lowest BCUT2D eigenvalue weighted by molar-refractivity contribution is 0.0586. The van der Waals surface area contributed by atoms with Crippen molar-refractivity contribution in [2.24, 2.45) is 0 Å². The van der Waals surface area contributed by atoms with Crippen LogP contribution in [0, 0.1) is 6.92 Å². The summed E-state index contributed by atoms with van der Waals surface area (Å²) in [6, 6.07) is 3.67. The molecular formula is C17H14N2O6. The number of ether oxygens (including phenoxy) is 2. The monoisotopic (exact) mass is 342 g/mol. The van der Waals surface area contributed by atoms with E-state index in [1.807, 2.05) is 0 Å². The van der Waals surface area contributed by atoms with Gasteiger partial charge < -0.3 is 19.4 Å². The summed E-state index contributed by atoms with van der Waals surface area (Å²) in [5, 5.41) is 0.517. The van der Waals surface area contributed by atoms with Gasteiger partial charge in [-0.25, -0.2) is 9.59 Å². The molecule has 0 aliphatic rings. The molecule has 0 fully saturated rings. The molecule has 2 N–H and O–H groups in total. The molecule has 25 heavy (non-hydrogen) atoms. The third kappa shape index (κ3) is 2.57. The van der Waals surface area contributed by atoms with Gasteiger partial charge in [-0.15, -0.1) is 0 Å². The third-order valence-electron chi connectivity index (χ3n) is 3.99. The normalized spacial score (nSPS) is 10.8. The molecule has 0 spiro atoms. The number of methoxy groups -OCH3 is 2. The number of hydrogen-bond acceptors (Lipinski definition) is 6. The second kappa shape index (κ2) is 5.90.